The molecule has 1 saturated heterocycles. The predicted octanol–water partition coefficient (Wildman–Crippen LogP) is 5.26. The maximum Gasteiger partial charge on any atom is 0.294 e. The number of nitrogens with zero attached hydrogens (tertiary/aromatic N) is 3. The van der Waals surface area contributed by atoms with Crippen molar-refractivity contribution in [1.82, 2.24) is 4.90 Å². The fraction of sp³-hybridized carbons (Fsp3) is 0.405. The molecule has 1 N–H and O–H groups in total. The van der Waals surface area contributed by atoms with Crippen molar-refractivity contribution in [3.05, 3.63) is 83.6 Å². The molecule has 0 unspecified atom stereocenters. The lowest BCUT2D eigenvalue weighted by molar-refractivity contribution is -0.438. The highest BCUT2D eigenvalue weighted by atomic mass is 32.2. The molecule has 51 heavy (non-hydrogen) atoms. The van der Waals surface area contributed by atoms with Crippen LogP contribution in [0.25, 0.3) is 0 Å². The number of hydrogen-bond acceptors (Lipinski definition) is 9. The number of rotatable bonds is 12. The highest BCUT2D eigenvalue weighted by Crippen LogP contribution is 2.48. The maximum absolute atomic E-state index is 12.5. The molecule has 5 rings (SSSR count). The number of benzene rings is 2. The van der Waals surface area contributed by atoms with Crippen molar-refractivity contribution in [2.45, 2.75) is 93.8 Å². The summed E-state index contributed by atoms with van der Waals surface area (Å²) in [6.07, 6.45) is 11.6. The number of imide groups is 3. The molecule has 3 amide bonds. The van der Waals surface area contributed by atoms with Crippen LogP contribution in [0.3, 0.4) is 0 Å². The van der Waals surface area contributed by atoms with Gasteiger partial charge in [-0.25, -0.2) is 13.3 Å². The van der Waals surface area contributed by atoms with Crippen molar-refractivity contribution in [3.63, 3.8) is 0 Å². The maximum atomic E-state index is 12.5. The molecule has 0 radical (unpaired) electrons. The first kappa shape index (κ1) is 38.0. The Balaban J connectivity index is 1.38. The predicted molar refractivity (Wildman–Crippen MR) is 190 cm³/mol. The zero-order valence-corrected chi connectivity index (χ0v) is 31.0. The van der Waals surface area contributed by atoms with E-state index in [1.165, 1.54) is 24.3 Å². The number of carbonyl (C=O) groups is 3. The third-order valence-corrected chi connectivity index (χ3v) is 11.6. The van der Waals surface area contributed by atoms with Gasteiger partial charge in [-0.2, -0.15) is 13.0 Å². The zero-order valence-electron chi connectivity index (χ0n) is 29.4. The number of unbranched alkanes of at least 4 members (excludes halogenated alkanes) is 2. The van der Waals surface area contributed by atoms with Gasteiger partial charge in [0, 0.05) is 66.7 Å². The topological polar surface area (TPSA) is 172 Å². The van der Waals surface area contributed by atoms with E-state index in [0.717, 1.165) is 38.8 Å². The molecule has 2 aromatic carbocycles. The van der Waals surface area contributed by atoms with Crippen LogP contribution in [0.15, 0.2) is 82.3 Å². The van der Waals surface area contributed by atoms with Crippen LogP contribution in [0.5, 0.6) is 0 Å². The van der Waals surface area contributed by atoms with E-state index in [1.54, 1.807) is 12.1 Å². The third-order valence-electron chi connectivity index (χ3n) is 9.93. The van der Waals surface area contributed by atoms with Crippen LogP contribution in [0, 0.1) is 0 Å². The van der Waals surface area contributed by atoms with Gasteiger partial charge in [-0.1, -0.05) is 32.1 Å². The lowest BCUT2D eigenvalue weighted by Crippen LogP contribution is -2.35. The van der Waals surface area contributed by atoms with Gasteiger partial charge < -0.3 is 9.45 Å². The average Bonchev–Trinajstić information content (AvgIpc) is 3.58. The van der Waals surface area contributed by atoms with Crippen LogP contribution >= 0.6 is 0 Å². The van der Waals surface area contributed by atoms with Crippen LogP contribution in [0.1, 0.15) is 84.3 Å². The summed E-state index contributed by atoms with van der Waals surface area (Å²) in [6.45, 7) is 11.1. The minimum atomic E-state index is -4.61. The van der Waals surface area contributed by atoms with Gasteiger partial charge in [0.05, 0.1) is 15.2 Å². The molecule has 0 spiro atoms. The number of likely N-dealkylation sites (N-methyl/N-ethyl adjacent to an activating group) is 1. The van der Waals surface area contributed by atoms with E-state index in [4.69, 9.17) is 0 Å². The van der Waals surface area contributed by atoms with Crippen molar-refractivity contribution >= 4 is 55.0 Å². The molecule has 0 atom stereocenters. The Morgan fingerprint density at radius 2 is 1.53 bits per heavy atom. The fourth-order valence-corrected chi connectivity index (χ4v) is 8.26. The summed E-state index contributed by atoms with van der Waals surface area (Å²) in [5, 5.41) is 0. The second-order valence-corrected chi connectivity index (χ2v) is 16.7. The van der Waals surface area contributed by atoms with E-state index in [2.05, 4.69) is 9.48 Å². The van der Waals surface area contributed by atoms with Gasteiger partial charge in [0.25, 0.3) is 10.1 Å². The summed E-state index contributed by atoms with van der Waals surface area (Å²) < 4.78 is 71.0. The average molecular weight is 738 g/mol. The van der Waals surface area contributed by atoms with E-state index in [-0.39, 0.29) is 29.1 Å². The number of anilines is 1. The van der Waals surface area contributed by atoms with E-state index < -0.39 is 48.8 Å². The molecular weight excluding hydrogens is 695 g/mol. The second-order valence-electron chi connectivity index (χ2n) is 13.9. The van der Waals surface area contributed by atoms with Crippen molar-refractivity contribution in [1.29, 1.82) is 0 Å². The summed E-state index contributed by atoms with van der Waals surface area (Å²) in [5.41, 5.74) is 3.73. The summed E-state index contributed by atoms with van der Waals surface area (Å²) in [4.78, 5) is 38.7. The van der Waals surface area contributed by atoms with E-state index >= 15 is 0 Å². The van der Waals surface area contributed by atoms with Crippen molar-refractivity contribution < 1.29 is 44.9 Å². The fourth-order valence-electron chi connectivity index (χ4n) is 7.25. The van der Waals surface area contributed by atoms with Crippen molar-refractivity contribution in [2.24, 2.45) is 0 Å². The van der Waals surface area contributed by atoms with E-state index in [9.17, 15) is 40.3 Å². The summed E-state index contributed by atoms with van der Waals surface area (Å²) in [6, 6.07) is 9.00. The number of amides is 3. The highest BCUT2D eigenvalue weighted by Gasteiger charge is 2.45. The SMILES string of the molecule is CCN1\C(=C/C=C/C=C/C2=[N+](CCCCCC(=O)N3C(=O)CCC3=O)c3ccc(S(=O)(=O)O)cc3C2(C)C)C(C)(C)c2cc(S(=O)(=O)[O-])ccc21. The molecule has 3 aliphatic heterocycles. The van der Waals surface area contributed by atoms with Gasteiger partial charge in [0.1, 0.15) is 16.7 Å². The van der Waals surface area contributed by atoms with Gasteiger partial charge in [-0.05, 0) is 75.6 Å². The Bertz CT molecular complexity index is 2130. The first-order chi connectivity index (χ1) is 23.8. The summed E-state index contributed by atoms with van der Waals surface area (Å²) >= 11 is 0. The van der Waals surface area contributed by atoms with Crippen LogP contribution in [-0.4, -0.2) is 71.9 Å². The van der Waals surface area contributed by atoms with Crippen LogP contribution < -0.4 is 4.90 Å². The molecule has 0 saturated carbocycles. The molecule has 0 bridgehead atoms. The quantitative estimate of drug-likeness (QED) is 0.0996. The minimum absolute atomic E-state index is 0.0642. The Morgan fingerprint density at radius 3 is 2.16 bits per heavy atom. The third kappa shape index (κ3) is 7.41. The summed E-state index contributed by atoms with van der Waals surface area (Å²) in [5.74, 6) is -1.38. The lowest BCUT2D eigenvalue weighted by atomic mass is 9.81. The standard InChI is InChI=1S/C37H43N3O9S2/c1-6-38-29-18-16-25(50(44,45)46)23-27(29)36(2,3)31(38)13-9-7-10-14-32-37(4,5)28-24-26(51(47,48)49)17-19-30(28)39(32)22-12-8-11-15-33(41)40-34(42)20-21-35(40)43/h7,9-10,13-14,16-19,23-24H,6,8,11-12,15,20-22H2,1-5H3,(H-,44,45,46,47,48,49). The van der Waals surface area contributed by atoms with E-state index in [0.29, 0.717) is 32.4 Å². The van der Waals surface area contributed by atoms with Crippen LogP contribution in [-0.2, 0) is 45.4 Å². The molecule has 272 valence electrons. The Kier molecular flexibility index (Phi) is 10.5. The first-order valence-electron chi connectivity index (χ1n) is 16.9. The van der Waals surface area contributed by atoms with Gasteiger partial charge in [-0.15, -0.1) is 0 Å². The lowest BCUT2D eigenvalue weighted by Gasteiger charge is -2.25. The molecule has 0 aliphatic carbocycles. The van der Waals surface area contributed by atoms with E-state index in [1.807, 2.05) is 65.0 Å². The van der Waals surface area contributed by atoms with Gasteiger partial charge in [0.2, 0.25) is 23.4 Å². The molecule has 0 aromatic heterocycles. The normalized spacial score (nSPS) is 19.3. The van der Waals surface area contributed by atoms with Gasteiger partial charge in [0.15, 0.2) is 5.71 Å². The van der Waals surface area contributed by atoms with Crippen LogP contribution in [0.2, 0.25) is 0 Å². The van der Waals surface area contributed by atoms with Gasteiger partial charge >= 0.3 is 0 Å². The number of likely N-dealkylation sites (tertiary alicyclic amines) is 1. The second kappa shape index (κ2) is 14.1. The molecule has 3 aliphatic rings. The smallest absolute Gasteiger partial charge is 0.294 e. The molecule has 3 heterocycles. The molecule has 14 heteroatoms. The minimum Gasteiger partial charge on any atom is -0.744 e. The molecule has 2 aromatic rings. The number of allylic oxidation sites excluding steroid dienone is 6. The molecular formula is C37H43N3O9S2. The Labute approximate surface area is 299 Å². The Hall–Kier alpha value is -4.24. The van der Waals surface area contributed by atoms with Crippen molar-refractivity contribution in [3.8, 4) is 0 Å². The van der Waals surface area contributed by atoms with Crippen LogP contribution in [0.4, 0.5) is 11.4 Å². The number of hydrogen-bond donors (Lipinski definition) is 1. The monoisotopic (exact) mass is 737 g/mol. The highest BCUT2D eigenvalue weighted by molar-refractivity contribution is 7.86. The Morgan fingerprint density at radius 1 is 0.882 bits per heavy atom. The largest absolute Gasteiger partial charge is 0.744 e. The van der Waals surface area contributed by atoms with Crippen molar-refractivity contribution in [2.75, 3.05) is 18.0 Å². The first-order valence-corrected chi connectivity index (χ1v) is 19.7. The zero-order chi connectivity index (χ0) is 37.5. The number of carbonyl (C=O) groups excluding carboxylic acids is 3. The van der Waals surface area contributed by atoms with Gasteiger partial charge in [-0.3, -0.25) is 18.9 Å². The summed E-state index contributed by atoms with van der Waals surface area (Å²) in [7, 11) is -9.04. The molecule has 12 nitrogen and oxygen atoms in total. The number of fused-ring (bicyclic) bond motifs is 2. The molecule has 1 fully saturated rings.